The molecule has 0 saturated heterocycles. The first kappa shape index (κ1) is 16.7. The Balaban J connectivity index is 1.91. The lowest BCUT2D eigenvalue weighted by atomic mass is 10.0. The normalized spacial score (nSPS) is 13.0. The van der Waals surface area contributed by atoms with Crippen molar-refractivity contribution in [2.75, 3.05) is 6.61 Å². The van der Waals surface area contributed by atoms with Gasteiger partial charge in [0.05, 0.1) is 12.2 Å². The number of aryl methyl sites for hydroxylation is 1. The Hall–Kier alpha value is -1.14. The van der Waals surface area contributed by atoms with Gasteiger partial charge in [-0.25, -0.2) is 0 Å². The summed E-state index contributed by atoms with van der Waals surface area (Å²) >= 11 is 3.67. The number of fused-ring (bicyclic) bond motifs is 1. The molecular formula is C19H19IO2S. The van der Waals surface area contributed by atoms with Crippen molar-refractivity contribution in [3.8, 4) is 16.2 Å². The number of unbranched alkanes of at least 4 members (excludes halogenated alkanes) is 1. The van der Waals surface area contributed by atoms with E-state index in [4.69, 9.17) is 4.74 Å². The highest BCUT2D eigenvalue weighted by molar-refractivity contribution is 14.1. The second kappa shape index (κ2) is 7.62. The predicted molar refractivity (Wildman–Crippen MR) is 106 cm³/mol. The van der Waals surface area contributed by atoms with Crippen molar-refractivity contribution in [3.63, 3.8) is 0 Å². The molecule has 0 aliphatic heterocycles. The van der Waals surface area contributed by atoms with Gasteiger partial charge in [-0.15, -0.1) is 11.3 Å². The standard InChI is InChI=1S/C19H19IO2S/c1-2-3-10-22-16-9-8-14(11-15(16)19(20)21)18-12-13-6-4-5-7-17(13)23-18/h4,6,8-9,11-12H,2-3,5,7,10H2,1H3. The summed E-state index contributed by atoms with van der Waals surface area (Å²) < 4.78 is 5.80. The molecule has 23 heavy (non-hydrogen) atoms. The van der Waals surface area contributed by atoms with Gasteiger partial charge >= 0.3 is 0 Å². The summed E-state index contributed by atoms with van der Waals surface area (Å²) in [5.41, 5.74) is 3.09. The summed E-state index contributed by atoms with van der Waals surface area (Å²) in [4.78, 5) is 14.6. The summed E-state index contributed by atoms with van der Waals surface area (Å²) in [6, 6.07) is 8.19. The molecule has 0 amide bonds. The average Bonchev–Trinajstić information content (AvgIpc) is 2.99. The lowest BCUT2D eigenvalue weighted by Crippen LogP contribution is -2.01. The molecule has 0 unspecified atom stereocenters. The first-order chi connectivity index (χ1) is 11.2. The van der Waals surface area contributed by atoms with Crippen LogP contribution in [0.3, 0.4) is 0 Å². The molecule has 120 valence electrons. The highest BCUT2D eigenvalue weighted by Gasteiger charge is 2.15. The fraction of sp³-hybridized carbons (Fsp3) is 0.316. The molecular weight excluding hydrogens is 419 g/mol. The number of allylic oxidation sites excluding steroid dienone is 1. The zero-order chi connectivity index (χ0) is 16.2. The van der Waals surface area contributed by atoms with Gasteiger partial charge in [-0.05, 0) is 54.7 Å². The molecule has 2 aromatic rings. The first-order valence-corrected chi connectivity index (χ1v) is 9.85. The number of ether oxygens (including phenoxy) is 1. The third-order valence-corrected chi connectivity index (χ3v) is 5.75. The number of halogens is 1. The number of benzene rings is 1. The average molecular weight is 438 g/mol. The van der Waals surface area contributed by atoms with E-state index in [-0.39, 0.29) is 3.79 Å². The lowest BCUT2D eigenvalue weighted by molar-refractivity contribution is 0.110. The van der Waals surface area contributed by atoms with E-state index in [1.807, 2.05) is 46.1 Å². The van der Waals surface area contributed by atoms with Crippen LogP contribution in [0, 0.1) is 0 Å². The van der Waals surface area contributed by atoms with Crippen LogP contribution in [0.15, 0.2) is 30.3 Å². The molecule has 3 rings (SSSR count). The van der Waals surface area contributed by atoms with Crippen LogP contribution in [0.25, 0.3) is 16.5 Å². The molecule has 1 aromatic carbocycles. The zero-order valence-electron chi connectivity index (χ0n) is 13.1. The summed E-state index contributed by atoms with van der Waals surface area (Å²) in [5, 5.41) is 0. The Morgan fingerprint density at radius 1 is 1.35 bits per heavy atom. The zero-order valence-corrected chi connectivity index (χ0v) is 16.1. The summed E-state index contributed by atoms with van der Waals surface area (Å²) in [5.74, 6) is 0.697. The fourth-order valence-electron chi connectivity index (χ4n) is 2.64. The molecule has 1 aliphatic rings. The van der Waals surface area contributed by atoms with E-state index in [9.17, 15) is 4.79 Å². The van der Waals surface area contributed by atoms with Gasteiger partial charge in [-0.3, -0.25) is 4.79 Å². The Morgan fingerprint density at radius 3 is 2.96 bits per heavy atom. The molecule has 0 spiro atoms. The minimum Gasteiger partial charge on any atom is -0.493 e. The predicted octanol–water partition coefficient (Wildman–Crippen LogP) is 6.13. The van der Waals surface area contributed by atoms with Crippen molar-refractivity contribution in [1.29, 1.82) is 0 Å². The van der Waals surface area contributed by atoms with E-state index >= 15 is 0 Å². The molecule has 0 radical (unpaired) electrons. The van der Waals surface area contributed by atoms with Gasteiger partial charge in [0, 0.05) is 32.3 Å². The Bertz CT molecular complexity index is 746. The van der Waals surface area contributed by atoms with Crippen LogP contribution in [0.2, 0.25) is 0 Å². The summed E-state index contributed by atoms with van der Waals surface area (Å²) in [6.07, 6.45) is 8.75. The summed E-state index contributed by atoms with van der Waals surface area (Å²) in [6.45, 7) is 2.79. The number of carbonyl (C=O) groups is 1. The van der Waals surface area contributed by atoms with Crippen LogP contribution in [-0.2, 0) is 6.42 Å². The number of hydrogen-bond donors (Lipinski definition) is 0. The van der Waals surface area contributed by atoms with Crippen molar-refractivity contribution in [1.82, 2.24) is 0 Å². The highest BCUT2D eigenvalue weighted by Crippen LogP contribution is 2.37. The van der Waals surface area contributed by atoms with E-state index in [0.29, 0.717) is 17.9 Å². The first-order valence-electron chi connectivity index (χ1n) is 7.95. The topological polar surface area (TPSA) is 26.3 Å². The third kappa shape index (κ3) is 3.86. The highest BCUT2D eigenvalue weighted by atomic mass is 127. The van der Waals surface area contributed by atoms with Crippen molar-refractivity contribution in [2.45, 2.75) is 32.6 Å². The molecule has 0 bridgehead atoms. The van der Waals surface area contributed by atoms with Crippen LogP contribution in [0.5, 0.6) is 5.75 Å². The van der Waals surface area contributed by atoms with Crippen LogP contribution in [-0.4, -0.2) is 10.4 Å². The van der Waals surface area contributed by atoms with Crippen molar-refractivity contribution < 1.29 is 9.53 Å². The van der Waals surface area contributed by atoms with Gasteiger partial charge < -0.3 is 4.74 Å². The smallest absolute Gasteiger partial charge is 0.226 e. The van der Waals surface area contributed by atoms with Crippen molar-refractivity contribution >= 4 is 43.8 Å². The van der Waals surface area contributed by atoms with Gasteiger partial charge in [0.15, 0.2) is 0 Å². The van der Waals surface area contributed by atoms with E-state index in [1.54, 1.807) is 0 Å². The quantitative estimate of drug-likeness (QED) is 0.308. The van der Waals surface area contributed by atoms with Crippen LogP contribution in [0.1, 0.15) is 47.0 Å². The lowest BCUT2D eigenvalue weighted by Gasteiger charge is -2.10. The molecule has 0 saturated carbocycles. The monoisotopic (exact) mass is 438 g/mol. The Labute approximate surface area is 154 Å². The van der Waals surface area contributed by atoms with Gasteiger partial charge in [-0.2, -0.15) is 0 Å². The second-order valence-corrected chi connectivity index (χ2v) is 7.73. The maximum absolute atomic E-state index is 12.0. The Kier molecular flexibility index (Phi) is 5.54. The molecule has 1 aliphatic carbocycles. The molecule has 0 fully saturated rings. The number of carbonyl (C=O) groups excluding carboxylic acids is 1. The van der Waals surface area contributed by atoms with Crippen LogP contribution < -0.4 is 4.74 Å². The van der Waals surface area contributed by atoms with Crippen LogP contribution in [0.4, 0.5) is 0 Å². The van der Waals surface area contributed by atoms with Crippen molar-refractivity contribution in [2.24, 2.45) is 0 Å². The van der Waals surface area contributed by atoms with Gasteiger partial charge in [0.25, 0.3) is 0 Å². The molecule has 0 N–H and O–H groups in total. The van der Waals surface area contributed by atoms with E-state index in [2.05, 4.69) is 31.2 Å². The molecule has 1 aromatic heterocycles. The van der Waals surface area contributed by atoms with Crippen molar-refractivity contribution in [3.05, 3.63) is 46.3 Å². The number of rotatable bonds is 6. The summed E-state index contributed by atoms with van der Waals surface area (Å²) in [7, 11) is 0. The van der Waals surface area contributed by atoms with E-state index in [1.165, 1.54) is 15.3 Å². The van der Waals surface area contributed by atoms with E-state index < -0.39 is 0 Å². The SMILES string of the molecule is CCCCOc1ccc(-c2cc3c(s2)CCC=C3)cc1C(=O)I. The van der Waals surface area contributed by atoms with Gasteiger partial charge in [0.2, 0.25) is 3.79 Å². The van der Waals surface area contributed by atoms with Gasteiger partial charge in [-0.1, -0.05) is 25.5 Å². The fourth-order valence-corrected chi connectivity index (χ4v) is 4.22. The van der Waals surface area contributed by atoms with E-state index in [0.717, 1.165) is 31.2 Å². The molecule has 4 heteroatoms. The minimum absolute atomic E-state index is 0.0252. The molecule has 1 heterocycles. The van der Waals surface area contributed by atoms with Crippen LogP contribution >= 0.6 is 33.9 Å². The molecule has 2 nitrogen and oxygen atoms in total. The Morgan fingerprint density at radius 2 is 2.22 bits per heavy atom. The number of thiophene rings is 1. The number of hydrogen-bond acceptors (Lipinski definition) is 3. The maximum atomic E-state index is 12.0. The second-order valence-electron chi connectivity index (χ2n) is 5.62. The third-order valence-electron chi connectivity index (χ3n) is 3.91. The molecule has 0 atom stereocenters. The minimum atomic E-state index is 0.0252. The largest absolute Gasteiger partial charge is 0.493 e. The maximum Gasteiger partial charge on any atom is 0.226 e. The van der Waals surface area contributed by atoms with Gasteiger partial charge in [0.1, 0.15) is 5.75 Å².